The van der Waals surface area contributed by atoms with Crippen molar-refractivity contribution in [3.63, 3.8) is 0 Å². The summed E-state index contributed by atoms with van der Waals surface area (Å²) in [4.78, 5) is 49.2. The van der Waals surface area contributed by atoms with Crippen molar-refractivity contribution < 1.29 is 19.5 Å². The molecule has 2 bridgehead atoms. The minimum atomic E-state index is -0.678. The Morgan fingerprint density at radius 1 is 0.909 bits per heavy atom. The molecular weight excluding hydrogens is 570 g/mol. The van der Waals surface area contributed by atoms with Crippen molar-refractivity contribution in [2.45, 2.75) is 67.7 Å². The van der Waals surface area contributed by atoms with Crippen molar-refractivity contribution in [2.24, 2.45) is 11.8 Å². The molecule has 3 fully saturated rings. The lowest BCUT2D eigenvalue weighted by Gasteiger charge is -2.38. The van der Waals surface area contributed by atoms with Crippen LogP contribution >= 0.6 is 11.8 Å². The smallest absolute Gasteiger partial charge is 0.247 e. The molecule has 0 aliphatic carbocycles. The van der Waals surface area contributed by atoms with Gasteiger partial charge in [0.25, 0.3) is 0 Å². The Kier molecular flexibility index (Phi) is 10.0. The number of carbonyl (C=O) groups is 3. The van der Waals surface area contributed by atoms with Crippen molar-refractivity contribution in [1.82, 2.24) is 14.7 Å². The molecule has 2 unspecified atom stereocenters. The molecule has 3 heterocycles. The van der Waals surface area contributed by atoms with Gasteiger partial charge in [0, 0.05) is 44.1 Å². The van der Waals surface area contributed by atoms with Crippen LogP contribution in [0, 0.1) is 11.8 Å². The van der Waals surface area contributed by atoms with Crippen LogP contribution in [0.2, 0.25) is 0 Å². The number of nitrogens with zero attached hydrogens (tertiary/aromatic N) is 3. The zero-order valence-electron chi connectivity index (χ0n) is 25.8. The Balaban J connectivity index is 1.51. The van der Waals surface area contributed by atoms with Crippen LogP contribution in [0.5, 0.6) is 0 Å². The highest BCUT2D eigenvalue weighted by Gasteiger charge is 2.77. The number of rotatable bonds is 15. The van der Waals surface area contributed by atoms with Gasteiger partial charge in [0.15, 0.2) is 0 Å². The molecule has 2 aromatic carbocycles. The topological polar surface area (TPSA) is 81.2 Å². The number of aliphatic hydroxyl groups excluding tert-OH is 1. The van der Waals surface area contributed by atoms with Gasteiger partial charge in [0.05, 0.1) is 16.6 Å². The summed E-state index contributed by atoms with van der Waals surface area (Å²) in [5, 5.41) is 9.36. The first kappa shape index (κ1) is 32.0. The predicted octanol–water partition coefficient (Wildman–Crippen LogP) is 5.06. The zero-order chi connectivity index (χ0) is 31.3. The average molecular weight is 616 g/mol. The van der Waals surface area contributed by atoms with Gasteiger partial charge in [0.2, 0.25) is 17.7 Å². The largest absolute Gasteiger partial charge is 0.396 e. The van der Waals surface area contributed by atoms with Gasteiger partial charge in [-0.25, -0.2) is 0 Å². The number of benzene rings is 2. The molecule has 0 radical (unpaired) electrons. The zero-order valence-corrected chi connectivity index (χ0v) is 26.6. The lowest BCUT2D eigenvalue weighted by atomic mass is 9.66. The lowest BCUT2D eigenvalue weighted by Crippen LogP contribution is -2.55. The predicted molar refractivity (Wildman–Crippen MR) is 175 cm³/mol. The fourth-order valence-electron chi connectivity index (χ4n) is 7.65. The number of hydrogen-bond donors (Lipinski definition) is 1. The van der Waals surface area contributed by atoms with E-state index in [9.17, 15) is 19.5 Å². The number of thioether (sulfide) groups is 1. The standard InChI is InChI=1S/C36H45N3O4S/c1-4-21-37(25-27-15-9-6-10-16-27)32(41)29-30-33(42)39(23-13-8-14-24-40)31(36(30)20-19-35(29,3)44-36)34(43)38(22-5-2)26-28-17-11-7-12-18-28/h4-7,9-12,15-18,29-31,40H,1-2,8,13-14,19-26H2,3H3/t29-,30+,31?,35+,36?/m1/s1. The molecule has 3 saturated heterocycles. The molecule has 234 valence electrons. The third-order valence-corrected chi connectivity index (χ3v) is 11.6. The van der Waals surface area contributed by atoms with Crippen LogP contribution in [-0.4, -0.2) is 79.3 Å². The molecule has 5 rings (SSSR count). The highest BCUT2D eigenvalue weighted by Crippen LogP contribution is 2.71. The summed E-state index contributed by atoms with van der Waals surface area (Å²) in [6.45, 7) is 12.1. The van der Waals surface area contributed by atoms with E-state index in [0.717, 1.165) is 24.0 Å². The molecule has 0 aromatic heterocycles. The third kappa shape index (κ3) is 5.98. The number of likely N-dealkylation sites (tertiary alicyclic amines) is 1. The maximum Gasteiger partial charge on any atom is 0.247 e. The second-order valence-corrected chi connectivity index (χ2v) is 14.4. The van der Waals surface area contributed by atoms with Crippen LogP contribution < -0.4 is 0 Å². The van der Waals surface area contributed by atoms with Crippen LogP contribution in [0.4, 0.5) is 0 Å². The molecule has 44 heavy (non-hydrogen) atoms. The number of unbranched alkanes of at least 4 members (excludes halogenated alkanes) is 2. The summed E-state index contributed by atoms with van der Waals surface area (Å²) in [7, 11) is 0. The minimum absolute atomic E-state index is 0.0377. The van der Waals surface area contributed by atoms with Gasteiger partial charge in [0.1, 0.15) is 6.04 Å². The van der Waals surface area contributed by atoms with Crippen molar-refractivity contribution in [2.75, 3.05) is 26.2 Å². The van der Waals surface area contributed by atoms with Gasteiger partial charge >= 0.3 is 0 Å². The van der Waals surface area contributed by atoms with E-state index in [0.29, 0.717) is 52.0 Å². The highest BCUT2D eigenvalue weighted by atomic mass is 32.2. The van der Waals surface area contributed by atoms with Crippen molar-refractivity contribution >= 4 is 29.5 Å². The molecule has 1 spiro atoms. The Labute approximate surface area is 266 Å². The first-order chi connectivity index (χ1) is 21.3. The molecule has 0 saturated carbocycles. The summed E-state index contributed by atoms with van der Waals surface area (Å²) in [6.07, 6.45) is 7.07. The van der Waals surface area contributed by atoms with Crippen molar-refractivity contribution in [3.05, 3.63) is 97.1 Å². The molecule has 7 nitrogen and oxygen atoms in total. The Morgan fingerprint density at radius 3 is 2.02 bits per heavy atom. The second kappa shape index (κ2) is 13.7. The summed E-state index contributed by atoms with van der Waals surface area (Å²) in [5.74, 6) is -1.31. The monoisotopic (exact) mass is 615 g/mol. The van der Waals surface area contributed by atoms with Crippen LogP contribution in [0.25, 0.3) is 0 Å². The SMILES string of the molecule is C=CCN(Cc1ccccc1)C(=O)C1N(CCCCCO)C(=O)[C@@H]2[C@H](C(=O)N(CC=C)Cc3ccccc3)[C@]3(C)CCC12S3. The maximum absolute atomic E-state index is 14.7. The Hall–Kier alpha value is -3.36. The molecule has 5 atom stereocenters. The molecule has 3 amide bonds. The second-order valence-electron chi connectivity index (χ2n) is 12.5. The quantitative estimate of drug-likeness (QED) is 0.224. The van der Waals surface area contributed by atoms with Gasteiger partial charge < -0.3 is 19.8 Å². The van der Waals surface area contributed by atoms with E-state index in [2.05, 4.69) is 20.1 Å². The lowest BCUT2D eigenvalue weighted by molar-refractivity contribution is -0.146. The number of fused-ring (bicyclic) bond motifs is 1. The van der Waals surface area contributed by atoms with Crippen molar-refractivity contribution in [3.8, 4) is 0 Å². The summed E-state index contributed by atoms with van der Waals surface area (Å²) in [5.41, 5.74) is 2.04. The average Bonchev–Trinajstić information content (AvgIpc) is 3.59. The van der Waals surface area contributed by atoms with E-state index in [-0.39, 0.29) is 24.3 Å². The first-order valence-corrected chi connectivity index (χ1v) is 16.6. The molecule has 1 N–H and O–H groups in total. The van der Waals surface area contributed by atoms with Crippen LogP contribution in [0.1, 0.15) is 50.2 Å². The van der Waals surface area contributed by atoms with Crippen LogP contribution in [0.15, 0.2) is 86.0 Å². The summed E-state index contributed by atoms with van der Waals surface area (Å²) >= 11 is 1.71. The molecule has 3 aliphatic rings. The van der Waals surface area contributed by atoms with Crippen LogP contribution in [0.3, 0.4) is 0 Å². The van der Waals surface area contributed by atoms with Gasteiger partial charge in [-0.1, -0.05) is 72.8 Å². The Morgan fingerprint density at radius 2 is 1.48 bits per heavy atom. The normalized spacial score (nSPS) is 26.8. The first-order valence-electron chi connectivity index (χ1n) is 15.8. The van der Waals surface area contributed by atoms with E-state index in [1.807, 2.05) is 70.5 Å². The van der Waals surface area contributed by atoms with E-state index >= 15 is 0 Å². The van der Waals surface area contributed by atoms with Gasteiger partial charge in [-0.2, -0.15) is 0 Å². The fraction of sp³-hybridized carbons (Fsp3) is 0.472. The van der Waals surface area contributed by atoms with Gasteiger partial charge in [-0.3, -0.25) is 14.4 Å². The molecule has 2 aromatic rings. The Bertz CT molecular complexity index is 1350. The number of amides is 3. The molecular formula is C36H45N3O4S. The number of carbonyl (C=O) groups excluding carboxylic acids is 3. The highest BCUT2D eigenvalue weighted by molar-refractivity contribution is 8.02. The molecule has 3 aliphatic heterocycles. The van der Waals surface area contributed by atoms with E-state index in [4.69, 9.17) is 0 Å². The van der Waals surface area contributed by atoms with E-state index in [1.54, 1.807) is 28.8 Å². The summed E-state index contributed by atoms with van der Waals surface area (Å²) in [6, 6.07) is 19.1. The molecule has 8 heteroatoms. The van der Waals surface area contributed by atoms with Gasteiger partial charge in [-0.05, 0) is 50.2 Å². The number of hydrogen-bond acceptors (Lipinski definition) is 5. The van der Waals surface area contributed by atoms with E-state index in [1.165, 1.54) is 0 Å². The van der Waals surface area contributed by atoms with Crippen LogP contribution in [-0.2, 0) is 27.5 Å². The van der Waals surface area contributed by atoms with E-state index < -0.39 is 27.4 Å². The summed E-state index contributed by atoms with van der Waals surface area (Å²) < 4.78 is -1.12. The third-order valence-electron chi connectivity index (χ3n) is 9.59. The maximum atomic E-state index is 14.7. The fourth-order valence-corrected chi connectivity index (χ4v) is 9.99. The van der Waals surface area contributed by atoms with Gasteiger partial charge in [-0.15, -0.1) is 24.9 Å². The minimum Gasteiger partial charge on any atom is -0.396 e. The number of aliphatic hydroxyl groups is 1. The van der Waals surface area contributed by atoms with Crippen molar-refractivity contribution in [1.29, 1.82) is 0 Å².